The highest BCUT2D eigenvalue weighted by atomic mass is 31.1. The highest BCUT2D eigenvalue weighted by Crippen LogP contribution is 2.36. The zero-order valence-electron chi connectivity index (χ0n) is 23.3. The predicted octanol–water partition coefficient (Wildman–Crippen LogP) is 8.18. The molecule has 5 rings (SSSR count). The third-order valence-corrected chi connectivity index (χ3v) is 7.93. The fraction of sp³-hybridized carbons (Fsp3) is 0.139. The normalized spacial score (nSPS) is 11.0. The van der Waals surface area contributed by atoms with Gasteiger partial charge in [0.2, 0.25) is 0 Å². The summed E-state index contributed by atoms with van der Waals surface area (Å²) in [6.45, 7) is 5.07. The highest BCUT2D eigenvalue weighted by Gasteiger charge is 2.21. The van der Waals surface area contributed by atoms with Gasteiger partial charge in [-0.25, -0.2) is 0 Å². The van der Waals surface area contributed by atoms with E-state index in [0.717, 1.165) is 38.7 Å². The molecular weight excluding hydrogens is 527 g/mol. The maximum Gasteiger partial charge on any atom is 0.186 e. The van der Waals surface area contributed by atoms with Crippen LogP contribution in [0, 0.1) is 13.8 Å². The van der Waals surface area contributed by atoms with Crippen molar-refractivity contribution >= 4 is 19.4 Å². The third kappa shape index (κ3) is 7.63. The summed E-state index contributed by atoms with van der Waals surface area (Å²) in [6, 6.07) is 39.7. The molecule has 0 aliphatic heterocycles. The Bertz CT molecular complexity index is 1500. The van der Waals surface area contributed by atoms with Crippen LogP contribution in [0.2, 0.25) is 0 Å². The van der Waals surface area contributed by atoms with Gasteiger partial charge in [-0.2, -0.15) is 0 Å². The van der Waals surface area contributed by atoms with Crippen LogP contribution in [0.1, 0.15) is 38.2 Å². The van der Waals surface area contributed by atoms with Crippen molar-refractivity contribution in [3.8, 4) is 17.2 Å². The maximum atomic E-state index is 13.8. The minimum absolute atomic E-state index is 0.0488. The van der Waals surface area contributed by atoms with Gasteiger partial charge in [0.25, 0.3) is 0 Å². The largest absolute Gasteiger partial charge is 0.489 e. The third-order valence-electron chi connectivity index (χ3n) is 6.71. The molecule has 0 aliphatic rings. The SMILES string of the molecule is Cc1cccc(C)c1C(=O)Pc1c(OCc2ccccc2)cc(OCc2ccccc2)cc1OCc1ccccc1. The second-order valence-electron chi connectivity index (χ2n) is 9.84. The van der Waals surface area contributed by atoms with Gasteiger partial charge >= 0.3 is 0 Å². The second kappa shape index (κ2) is 13.8. The number of benzene rings is 5. The van der Waals surface area contributed by atoms with Gasteiger partial charge in [0, 0.05) is 17.7 Å². The Morgan fingerprint density at radius 1 is 0.561 bits per heavy atom. The molecule has 0 aliphatic carbocycles. The van der Waals surface area contributed by atoms with Gasteiger partial charge in [-0.1, -0.05) is 109 Å². The molecule has 0 bridgehead atoms. The van der Waals surface area contributed by atoms with Crippen LogP contribution in [-0.2, 0) is 19.8 Å². The lowest BCUT2D eigenvalue weighted by Crippen LogP contribution is -2.13. The van der Waals surface area contributed by atoms with E-state index in [-0.39, 0.29) is 14.1 Å². The zero-order chi connectivity index (χ0) is 28.4. The lowest BCUT2D eigenvalue weighted by atomic mass is 10.0. The second-order valence-corrected chi connectivity index (χ2v) is 11.0. The Balaban J connectivity index is 1.52. The van der Waals surface area contributed by atoms with Gasteiger partial charge in [-0.3, -0.25) is 4.79 Å². The molecule has 0 amide bonds. The van der Waals surface area contributed by atoms with Crippen molar-refractivity contribution < 1.29 is 19.0 Å². The number of hydrogen-bond donors (Lipinski definition) is 0. The van der Waals surface area contributed by atoms with Crippen molar-refractivity contribution in [3.63, 3.8) is 0 Å². The molecule has 1 unspecified atom stereocenters. The van der Waals surface area contributed by atoms with Gasteiger partial charge in [0.1, 0.15) is 37.1 Å². The molecule has 0 spiro atoms. The summed E-state index contributed by atoms with van der Waals surface area (Å²) in [5, 5.41) is 0.733. The standard InChI is InChI=1S/C36H33O4P/c1-26-13-12-14-27(2)34(26)36(37)41-35-32(39-24-29-17-8-4-9-18-29)21-31(38-23-28-15-6-3-7-16-28)22-33(35)40-25-30-19-10-5-11-20-30/h3-22,41H,23-25H2,1-2H3. The predicted molar refractivity (Wildman–Crippen MR) is 167 cm³/mol. The Kier molecular flexibility index (Phi) is 9.46. The van der Waals surface area contributed by atoms with Gasteiger partial charge in [-0.15, -0.1) is 0 Å². The minimum Gasteiger partial charge on any atom is -0.489 e. The molecule has 41 heavy (non-hydrogen) atoms. The number of rotatable bonds is 12. The molecule has 4 nitrogen and oxygen atoms in total. The van der Waals surface area contributed by atoms with Crippen LogP contribution < -0.4 is 19.5 Å². The molecule has 0 fully saturated rings. The molecular formula is C36H33O4P. The van der Waals surface area contributed by atoms with Crippen LogP contribution in [0.5, 0.6) is 17.2 Å². The average molecular weight is 561 g/mol. The maximum absolute atomic E-state index is 13.8. The fourth-order valence-corrected chi connectivity index (χ4v) is 5.84. The first-order valence-corrected chi connectivity index (χ1v) is 14.6. The average Bonchev–Trinajstić information content (AvgIpc) is 3.00. The smallest absolute Gasteiger partial charge is 0.186 e. The molecule has 206 valence electrons. The van der Waals surface area contributed by atoms with E-state index in [9.17, 15) is 4.79 Å². The van der Waals surface area contributed by atoms with Crippen LogP contribution in [-0.4, -0.2) is 5.52 Å². The molecule has 0 radical (unpaired) electrons. The van der Waals surface area contributed by atoms with E-state index in [1.165, 1.54) is 0 Å². The summed E-state index contributed by atoms with van der Waals surface area (Å²) in [6.07, 6.45) is 0. The Hall–Kier alpha value is -4.40. The quantitative estimate of drug-likeness (QED) is 0.144. The number of aryl methyl sites for hydroxylation is 2. The van der Waals surface area contributed by atoms with Crippen molar-refractivity contribution in [1.29, 1.82) is 0 Å². The fourth-order valence-electron chi connectivity index (χ4n) is 4.56. The van der Waals surface area contributed by atoms with Crippen LogP contribution in [0.4, 0.5) is 0 Å². The van der Waals surface area contributed by atoms with E-state index in [1.54, 1.807) is 0 Å². The van der Waals surface area contributed by atoms with Gasteiger partial charge in [0.05, 0.1) is 5.30 Å². The number of carbonyl (C=O) groups excluding carboxylic acids is 1. The zero-order valence-corrected chi connectivity index (χ0v) is 24.3. The lowest BCUT2D eigenvalue weighted by Gasteiger charge is -2.19. The Morgan fingerprint density at radius 3 is 1.41 bits per heavy atom. The summed E-state index contributed by atoms with van der Waals surface area (Å²) in [7, 11) is -0.192. The van der Waals surface area contributed by atoms with Crippen LogP contribution in [0.15, 0.2) is 121 Å². The van der Waals surface area contributed by atoms with Gasteiger partial charge < -0.3 is 14.2 Å². The molecule has 1 atom stereocenters. The monoisotopic (exact) mass is 560 g/mol. The number of carbonyl (C=O) groups is 1. The first-order valence-electron chi connectivity index (χ1n) is 13.6. The van der Waals surface area contributed by atoms with E-state index < -0.39 is 0 Å². The van der Waals surface area contributed by atoms with Crippen LogP contribution in [0.3, 0.4) is 0 Å². The molecule has 0 saturated carbocycles. The van der Waals surface area contributed by atoms with Gasteiger partial charge in [-0.05, 0) is 50.2 Å². The van der Waals surface area contributed by atoms with Crippen molar-refractivity contribution in [2.45, 2.75) is 33.7 Å². The summed E-state index contributed by atoms with van der Waals surface area (Å²) in [5.74, 6) is 1.79. The summed E-state index contributed by atoms with van der Waals surface area (Å²) < 4.78 is 19.0. The number of hydrogen-bond acceptors (Lipinski definition) is 4. The molecule has 0 heterocycles. The van der Waals surface area contributed by atoms with Crippen LogP contribution in [0.25, 0.3) is 0 Å². The van der Waals surface area contributed by atoms with Crippen molar-refractivity contribution in [2.75, 3.05) is 0 Å². The minimum atomic E-state index is -0.192. The number of ether oxygens (including phenoxy) is 3. The summed E-state index contributed by atoms with van der Waals surface area (Å²) in [5.41, 5.74) is 5.84. The Labute approximate surface area is 243 Å². The molecule has 5 aromatic rings. The van der Waals surface area contributed by atoms with Gasteiger partial charge in [0.15, 0.2) is 5.52 Å². The Morgan fingerprint density at radius 2 is 0.976 bits per heavy atom. The first kappa shape index (κ1) is 28.1. The first-order chi connectivity index (χ1) is 20.1. The lowest BCUT2D eigenvalue weighted by molar-refractivity contribution is 0.108. The highest BCUT2D eigenvalue weighted by molar-refractivity contribution is 7.66. The molecule has 5 aromatic carbocycles. The van der Waals surface area contributed by atoms with Crippen molar-refractivity contribution in [2.24, 2.45) is 0 Å². The van der Waals surface area contributed by atoms with Crippen molar-refractivity contribution in [3.05, 3.63) is 155 Å². The van der Waals surface area contributed by atoms with Crippen LogP contribution >= 0.6 is 8.58 Å². The van der Waals surface area contributed by atoms with E-state index >= 15 is 0 Å². The summed E-state index contributed by atoms with van der Waals surface area (Å²) >= 11 is 0. The topological polar surface area (TPSA) is 44.8 Å². The van der Waals surface area contributed by atoms with Crippen molar-refractivity contribution in [1.82, 2.24) is 0 Å². The molecule has 0 saturated heterocycles. The van der Waals surface area contributed by atoms with E-state index in [4.69, 9.17) is 14.2 Å². The molecule has 0 N–H and O–H groups in total. The summed E-state index contributed by atoms with van der Waals surface area (Å²) in [4.78, 5) is 13.8. The van der Waals surface area contributed by atoms with E-state index in [2.05, 4.69) is 0 Å². The molecule has 0 aromatic heterocycles. The van der Waals surface area contributed by atoms with E-state index in [0.29, 0.717) is 37.1 Å². The molecule has 5 heteroatoms. The van der Waals surface area contributed by atoms with E-state index in [1.807, 2.05) is 135 Å².